The number of fused-ring (bicyclic) bond motifs is 1. The van der Waals surface area contributed by atoms with Gasteiger partial charge in [-0.1, -0.05) is 29.8 Å². The molecule has 1 amide bonds. The number of carbonyl (C=O) groups excluding carboxylic acids is 1. The van der Waals surface area contributed by atoms with Gasteiger partial charge in [0.05, 0.1) is 0 Å². The average Bonchev–Trinajstić information content (AvgIpc) is 2.73. The molecule has 0 saturated carbocycles. The van der Waals surface area contributed by atoms with Gasteiger partial charge in [-0.3, -0.25) is 4.79 Å². The highest BCUT2D eigenvalue weighted by Crippen LogP contribution is 2.31. The number of amides is 1. The second-order valence-electron chi connectivity index (χ2n) is 6.45. The number of benzene rings is 2. The minimum absolute atomic E-state index is 0.120. The SMILES string of the molecule is O=C(COc1ccc(Cl)cc1)Nc1ccc(N2CCCc3ccccc32)nn1. The van der Waals surface area contributed by atoms with E-state index in [-0.39, 0.29) is 12.5 Å². The Bertz CT molecular complexity index is 961. The van der Waals surface area contributed by atoms with E-state index in [9.17, 15) is 4.79 Å². The molecule has 2 aromatic carbocycles. The van der Waals surface area contributed by atoms with Crippen LogP contribution in [0.1, 0.15) is 12.0 Å². The molecule has 7 heteroatoms. The van der Waals surface area contributed by atoms with Crippen LogP contribution < -0.4 is 15.0 Å². The molecule has 28 heavy (non-hydrogen) atoms. The number of rotatable bonds is 5. The van der Waals surface area contributed by atoms with Crippen LogP contribution in [0.25, 0.3) is 0 Å². The molecule has 1 aliphatic heterocycles. The maximum Gasteiger partial charge on any atom is 0.263 e. The van der Waals surface area contributed by atoms with Crippen molar-refractivity contribution in [2.24, 2.45) is 0 Å². The van der Waals surface area contributed by atoms with Gasteiger partial charge in [0.25, 0.3) is 5.91 Å². The maximum atomic E-state index is 12.1. The molecule has 0 unspecified atom stereocenters. The zero-order valence-electron chi connectivity index (χ0n) is 15.1. The van der Waals surface area contributed by atoms with Crippen molar-refractivity contribution in [3.63, 3.8) is 0 Å². The number of hydrogen-bond acceptors (Lipinski definition) is 5. The lowest BCUT2D eigenvalue weighted by Gasteiger charge is -2.29. The average molecular weight is 395 g/mol. The molecule has 0 aliphatic carbocycles. The predicted octanol–water partition coefficient (Wildman–Crippen LogP) is 4.23. The quantitative estimate of drug-likeness (QED) is 0.701. The topological polar surface area (TPSA) is 67.3 Å². The van der Waals surface area contributed by atoms with Crippen LogP contribution in [-0.4, -0.2) is 29.3 Å². The number of nitrogens with one attached hydrogen (secondary N) is 1. The van der Waals surface area contributed by atoms with Crippen molar-refractivity contribution in [1.29, 1.82) is 0 Å². The van der Waals surface area contributed by atoms with E-state index < -0.39 is 0 Å². The Balaban J connectivity index is 1.37. The lowest BCUT2D eigenvalue weighted by molar-refractivity contribution is -0.118. The van der Waals surface area contributed by atoms with E-state index >= 15 is 0 Å². The third-order valence-corrected chi connectivity index (χ3v) is 4.74. The Morgan fingerprint density at radius 3 is 2.68 bits per heavy atom. The number of carbonyl (C=O) groups is 1. The molecule has 0 fully saturated rings. The minimum Gasteiger partial charge on any atom is -0.484 e. The van der Waals surface area contributed by atoms with Crippen molar-refractivity contribution < 1.29 is 9.53 Å². The fourth-order valence-electron chi connectivity index (χ4n) is 3.17. The minimum atomic E-state index is -0.305. The number of ether oxygens (including phenoxy) is 1. The van der Waals surface area contributed by atoms with Crippen molar-refractivity contribution in [2.75, 3.05) is 23.4 Å². The summed E-state index contributed by atoms with van der Waals surface area (Å²) in [7, 11) is 0. The number of aryl methyl sites for hydroxylation is 1. The smallest absolute Gasteiger partial charge is 0.263 e. The molecule has 3 aromatic rings. The second kappa shape index (κ2) is 8.27. The van der Waals surface area contributed by atoms with E-state index in [0.29, 0.717) is 16.6 Å². The molecule has 0 spiro atoms. The van der Waals surface area contributed by atoms with Crippen LogP contribution in [0.15, 0.2) is 60.7 Å². The number of nitrogens with zero attached hydrogens (tertiary/aromatic N) is 3. The van der Waals surface area contributed by atoms with Crippen molar-refractivity contribution in [3.8, 4) is 5.75 Å². The van der Waals surface area contributed by atoms with Crippen LogP contribution in [0.4, 0.5) is 17.3 Å². The van der Waals surface area contributed by atoms with Gasteiger partial charge in [-0.15, -0.1) is 10.2 Å². The van der Waals surface area contributed by atoms with Crippen molar-refractivity contribution in [1.82, 2.24) is 10.2 Å². The molecule has 1 N–H and O–H groups in total. The van der Waals surface area contributed by atoms with E-state index in [4.69, 9.17) is 16.3 Å². The van der Waals surface area contributed by atoms with Crippen LogP contribution >= 0.6 is 11.6 Å². The molecule has 6 nitrogen and oxygen atoms in total. The Morgan fingerprint density at radius 1 is 1.07 bits per heavy atom. The summed E-state index contributed by atoms with van der Waals surface area (Å²) in [5.74, 6) is 1.42. The van der Waals surface area contributed by atoms with Gasteiger partial charge < -0.3 is 15.0 Å². The van der Waals surface area contributed by atoms with E-state index in [1.54, 1.807) is 30.3 Å². The summed E-state index contributed by atoms with van der Waals surface area (Å²) in [6, 6.07) is 18.8. The van der Waals surface area contributed by atoms with Gasteiger partial charge in [0.1, 0.15) is 5.75 Å². The molecule has 0 bridgehead atoms. The van der Waals surface area contributed by atoms with Gasteiger partial charge in [0.2, 0.25) is 0 Å². The van der Waals surface area contributed by atoms with Crippen molar-refractivity contribution in [3.05, 3.63) is 71.2 Å². The Morgan fingerprint density at radius 2 is 1.89 bits per heavy atom. The Labute approximate surface area is 168 Å². The normalized spacial score (nSPS) is 13.0. The summed E-state index contributed by atoms with van der Waals surface area (Å²) in [4.78, 5) is 14.2. The van der Waals surface area contributed by atoms with Gasteiger partial charge in [0.15, 0.2) is 18.2 Å². The van der Waals surface area contributed by atoms with Crippen molar-refractivity contribution >= 4 is 34.8 Å². The highest BCUT2D eigenvalue weighted by molar-refractivity contribution is 6.30. The van der Waals surface area contributed by atoms with Crippen LogP contribution in [0.5, 0.6) is 5.75 Å². The van der Waals surface area contributed by atoms with Crippen molar-refractivity contribution in [2.45, 2.75) is 12.8 Å². The third-order valence-electron chi connectivity index (χ3n) is 4.49. The first-order valence-corrected chi connectivity index (χ1v) is 9.44. The molecule has 1 aromatic heterocycles. The third kappa shape index (κ3) is 4.23. The largest absolute Gasteiger partial charge is 0.484 e. The van der Waals surface area contributed by atoms with Gasteiger partial charge >= 0.3 is 0 Å². The van der Waals surface area contributed by atoms with Crippen LogP contribution in [0.2, 0.25) is 5.02 Å². The first-order valence-electron chi connectivity index (χ1n) is 9.06. The number of halogens is 1. The summed E-state index contributed by atoms with van der Waals surface area (Å²) in [6.45, 7) is 0.775. The molecular weight excluding hydrogens is 376 g/mol. The zero-order valence-corrected chi connectivity index (χ0v) is 15.9. The summed E-state index contributed by atoms with van der Waals surface area (Å²) >= 11 is 5.83. The summed E-state index contributed by atoms with van der Waals surface area (Å²) in [6.07, 6.45) is 2.14. The predicted molar refractivity (Wildman–Crippen MR) is 109 cm³/mol. The molecule has 2 heterocycles. The molecule has 0 saturated heterocycles. The van der Waals surface area contributed by atoms with Crippen LogP contribution in [0, 0.1) is 0 Å². The van der Waals surface area contributed by atoms with Gasteiger partial charge in [-0.05, 0) is 60.9 Å². The van der Waals surface area contributed by atoms with E-state index in [2.05, 4.69) is 38.6 Å². The van der Waals surface area contributed by atoms with E-state index in [1.807, 2.05) is 12.1 Å². The van der Waals surface area contributed by atoms with Crippen LogP contribution in [0.3, 0.4) is 0 Å². The number of hydrogen-bond donors (Lipinski definition) is 1. The summed E-state index contributed by atoms with van der Waals surface area (Å²) in [5, 5.41) is 11.7. The fraction of sp³-hybridized carbons (Fsp3) is 0.190. The van der Waals surface area contributed by atoms with E-state index in [1.165, 1.54) is 5.56 Å². The summed E-state index contributed by atoms with van der Waals surface area (Å²) < 4.78 is 5.43. The second-order valence-corrected chi connectivity index (χ2v) is 6.89. The highest BCUT2D eigenvalue weighted by Gasteiger charge is 2.19. The first kappa shape index (κ1) is 18.3. The lowest BCUT2D eigenvalue weighted by Crippen LogP contribution is -2.26. The maximum absolute atomic E-state index is 12.1. The van der Waals surface area contributed by atoms with Gasteiger partial charge in [-0.2, -0.15) is 0 Å². The highest BCUT2D eigenvalue weighted by atomic mass is 35.5. The van der Waals surface area contributed by atoms with Crippen LogP contribution in [-0.2, 0) is 11.2 Å². The number of anilines is 3. The molecule has 1 aliphatic rings. The fourth-order valence-corrected chi connectivity index (χ4v) is 3.29. The number of para-hydroxylation sites is 1. The molecule has 4 rings (SSSR count). The summed E-state index contributed by atoms with van der Waals surface area (Å²) in [5.41, 5.74) is 2.48. The molecule has 0 atom stereocenters. The molecular formula is C21H19ClN4O2. The lowest BCUT2D eigenvalue weighted by atomic mass is 10.0. The molecule has 0 radical (unpaired) electrons. The van der Waals surface area contributed by atoms with Gasteiger partial charge in [0, 0.05) is 17.3 Å². The standard InChI is InChI=1S/C21H19ClN4O2/c22-16-7-9-17(10-8-16)28-14-21(27)23-19-11-12-20(25-24-19)26-13-3-5-15-4-1-2-6-18(15)26/h1-2,4,6-12H,3,5,13-14H2,(H,23,24,27). The monoisotopic (exact) mass is 394 g/mol. The Hall–Kier alpha value is -3.12. The van der Waals surface area contributed by atoms with Gasteiger partial charge in [-0.25, -0.2) is 0 Å². The number of aromatic nitrogens is 2. The zero-order chi connectivity index (χ0) is 19.3. The molecule has 142 valence electrons. The Kier molecular flexibility index (Phi) is 5.39. The first-order chi connectivity index (χ1) is 13.7. The van der Waals surface area contributed by atoms with E-state index in [0.717, 1.165) is 30.9 Å².